The fraction of sp³-hybridized carbons (Fsp3) is 0.462. The minimum Gasteiger partial charge on any atom is -0.472 e. The number of aromatic nitrogens is 3. The van der Waals surface area contributed by atoms with Crippen molar-refractivity contribution in [2.75, 3.05) is 24.3 Å². The molecule has 0 fully saturated rings. The van der Waals surface area contributed by atoms with E-state index in [1.807, 2.05) is 31.9 Å². The molecule has 0 aliphatic rings. The van der Waals surface area contributed by atoms with E-state index in [0.29, 0.717) is 24.5 Å². The van der Waals surface area contributed by atoms with E-state index in [9.17, 15) is 0 Å². The summed E-state index contributed by atoms with van der Waals surface area (Å²) in [5.41, 5.74) is 1.05. The molecule has 2 aromatic rings. The maximum atomic E-state index is 5.54. The summed E-state index contributed by atoms with van der Waals surface area (Å²) in [6.45, 7) is 4.50. The van der Waals surface area contributed by atoms with Gasteiger partial charge in [0.1, 0.15) is 0 Å². The third-order valence-corrected chi connectivity index (χ3v) is 2.51. The van der Waals surface area contributed by atoms with Crippen LogP contribution in [-0.4, -0.2) is 35.2 Å². The fourth-order valence-electron chi connectivity index (χ4n) is 1.62. The highest BCUT2D eigenvalue weighted by atomic mass is 16.5. The number of hydrogen-bond donors (Lipinski definition) is 1. The van der Waals surface area contributed by atoms with Crippen molar-refractivity contribution >= 4 is 11.9 Å². The molecule has 0 atom stereocenters. The van der Waals surface area contributed by atoms with E-state index in [0.717, 1.165) is 5.56 Å². The Morgan fingerprint density at radius 2 is 2.15 bits per heavy atom. The lowest BCUT2D eigenvalue weighted by Crippen LogP contribution is -2.21. The molecule has 20 heavy (non-hydrogen) atoms. The van der Waals surface area contributed by atoms with Crippen molar-refractivity contribution < 1.29 is 9.15 Å². The Kier molecular flexibility index (Phi) is 4.39. The first-order valence-electron chi connectivity index (χ1n) is 6.41. The van der Waals surface area contributed by atoms with Gasteiger partial charge in [-0.3, -0.25) is 0 Å². The van der Waals surface area contributed by atoms with Crippen LogP contribution in [-0.2, 0) is 6.54 Å². The third-order valence-electron chi connectivity index (χ3n) is 2.51. The molecule has 0 saturated heterocycles. The monoisotopic (exact) mass is 277 g/mol. The molecule has 108 valence electrons. The minimum absolute atomic E-state index is 0.00846. The first-order chi connectivity index (χ1) is 9.58. The molecule has 0 aliphatic heterocycles. The predicted octanol–water partition coefficient (Wildman–Crippen LogP) is 1.93. The van der Waals surface area contributed by atoms with Gasteiger partial charge in [0.15, 0.2) is 0 Å². The SMILES string of the molecule is CNc1nc(OC(C)C)nc(N(C)Cc2ccoc2)n1. The smallest absolute Gasteiger partial charge is 0.323 e. The molecular formula is C13H19N5O2. The summed E-state index contributed by atoms with van der Waals surface area (Å²) in [4.78, 5) is 14.7. The van der Waals surface area contributed by atoms with E-state index in [1.165, 1.54) is 0 Å². The number of nitrogens with one attached hydrogen (secondary N) is 1. The number of rotatable bonds is 6. The van der Waals surface area contributed by atoms with E-state index < -0.39 is 0 Å². The Bertz CT molecular complexity index is 542. The van der Waals surface area contributed by atoms with E-state index in [4.69, 9.17) is 9.15 Å². The lowest BCUT2D eigenvalue weighted by molar-refractivity contribution is 0.222. The van der Waals surface area contributed by atoms with Crippen LogP contribution < -0.4 is 15.0 Å². The van der Waals surface area contributed by atoms with Crippen LogP contribution in [0.15, 0.2) is 23.0 Å². The highest BCUT2D eigenvalue weighted by Crippen LogP contribution is 2.16. The van der Waals surface area contributed by atoms with Crippen LogP contribution in [0.2, 0.25) is 0 Å². The van der Waals surface area contributed by atoms with Gasteiger partial charge in [-0.05, 0) is 19.9 Å². The minimum atomic E-state index is 0.00846. The van der Waals surface area contributed by atoms with E-state index >= 15 is 0 Å². The van der Waals surface area contributed by atoms with Crippen LogP contribution >= 0.6 is 0 Å². The van der Waals surface area contributed by atoms with Crippen molar-refractivity contribution in [3.63, 3.8) is 0 Å². The molecule has 0 amide bonds. The van der Waals surface area contributed by atoms with Crippen molar-refractivity contribution in [3.8, 4) is 6.01 Å². The summed E-state index contributed by atoms with van der Waals surface area (Å²) >= 11 is 0. The van der Waals surface area contributed by atoms with Gasteiger partial charge in [0, 0.05) is 26.2 Å². The van der Waals surface area contributed by atoms with Crippen LogP contribution in [0.5, 0.6) is 6.01 Å². The Hall–Kier alpha value is -2.31. The molecule has 7 heteroatoms. The molecule has 1 N–H and O–H groups in total. The van der Waals surface area contributed by atoms with Gasteiger partial charge in [0.25, 0.3) is 0 Å². The summed E-state index contributed by atoms with van der Waals surface area (Å²) in [6.07, 6.45) is 3.35. The molecule has 0 aliphatic carbocycles. The number of furan rings is 1. The van der Waals surface area contributed by atoms with Crippen molar-refractivity contribution in [2.45, 2.75) is 26.5 Å². The number of hydrogen-bond acceptors (Lipinski definition) is 7. The first kappa shape index (κ1) is 14.1. The van der Waals surface area contributed by atoms with Gasteiger partial charge >= 0.3 is 6.01 Å². The molecule has 2 heterocycles. The molecule has 0 unspecified atom stereocenters. The van der Waals surface area contributed by atoms with Gasteiger partial charge in [-0.1, -0.05) is 0 Å². The van der Waals surface area contributed by atoms with Gasteiger partial charge in [-0.2, -0.15) is 15.0 Å². The van der Waals surface area contributed by atoms with Crippen LogP contribution in [0, 0.1) is 0 Å². The molecule has 7 nitrogen and oxygen atoms in total. The largest absolute Gasteiger partial charge is 0.472 e. The molecule has 0 bridgehead atoms. The molecule has 0 saturated carbocycles. The summed E-state index contributed by atoms with van der Waals surface area (Å²) in [5, 5.41) is 2.91. The fourth-order valence-corrected chi connectivity index (χ4v) is 1.62. The Balaban J connectivity index is 2.20. The number of anilines is 2. The molecule has 0 aromatic carbocycles. The molecular weight excluding hydrogens is 258 g/mol. The molecule has 0 spiro atoms. The number of nitrogens with zero attached hydrogens (tertiary/aromatic N) is 4. The van der Waals surface area contributed by atoms with Crippen molar-refractivity contribution in [2.24, 2.45) is 0 Å². The van der Waals surface area contributed by atoms with Crippen LogP contribution in [0.25, 0.3) is 0 Å². The Labute approximate surface area is 118 Å². The van der Waals surface area contributed by atoms with E-state index in [-0.39, 0.29) is 6.10 Å². The average Bonchev–Trinajstić information content (AvgIpc) is 2.90. The maximum absolute atomic E-state index is 5.54. The Morgan fingerprint density at radius 3 is 2.75 bits per heavy atom. The van der Waals surface area contributed by atoms with Crippen molar-refractivity contribution in [1.82, 2.24) is 15.0 Å². The highest BCUT2D eigenvalue weighted by Gasteiger charge is 2.12. The Morgan fingerprint density at radius 1 is 1.35 bits per heavy atom. The molecule has 2 aromatic heterocycles. The van der Waals surface area contributed by atoms with Crippen LogP contribution in [0.1, 0.15) is 19.4 Å². The second-order valence-corrected chi connectivity index (χ2v) is 4.65. The number of ether oxygens (including phenoxy) is 1. The maximum Gasteiger partial charge on any atom is 0.323 e. The highest BCUT2D eigenvalue weighted by molar-refractivity contribution is 5.38. The first-order valence-corrected chi connectivity index (χ1v) is 6.41. The van der Waals surface area contributed by atoms with Gasteiger partial charge < -0.3 is 19.4 Å². The van der Waals surface area contributed by atoms with Crippen LogP contribution in [0.4, 0.5) is 11.9 Å². The second kappa shape index (κ2) is 6.23. The van der Waals surface area contributed by atoms with Crippen molar-refractivity contribution in [3.05, 3.63) is 24.2 Å². The third kappa shape index (κ3) is 3.59. The predicted molar refractivity (Wildman–Crippen MR) is 76.0 cm³/mol. The zero-order valence-corrected chi connectivity index (χ0v) is 12.1. The van der Waals surface area contributed by atoms with E-state index in [2.05, 4.69) is 20.3 Å². The zero-order valence-electron chi connectivity index (χ0n) is 12.1. The normalized spacial score (nSPS) is 10.7. The van der Waals surface area contributed by atoms with Crippen molar-refractivity contribution in [1.29, 1.82) is 0 Å². The topological polar surface area (TPSA) is 76.3 Å². The van der Waals surface area contributed by atoms with Gasteiger partial charge in [-0.15, -0.1) is 0 Å². The lowest BCUT2D eigenvalue weighted by atomic mass is 10.3. The van der Waals surface area contributed by atoms with Gasteiger partial charge in [0.05, 0.1) is 18.6 Å². The summed E-state index contributed by atoms with van der Waals surface area (Å²) in [6, 6.07) is 2.22. The zero-order chi connectivity index (χ0) is 14.5. The quantitative estimate of drug-likeness (QED) is 0.864. The summed E-state index contributed by atoms with van der Waals surface area (Å²) in [5.74, 6) is 1.02. The van der Waals surface area contributed by atoms with Crippen LogP contribution in [0.3, 0.4) is 0 Å². The molecule has 2 rings (SSSR count). The van der Waals surface area contributed by atoms with E-state index in [1.54, 1.807) is 19.6 Å². The van der Waals surface area contributed by atoms with Gasteiger partial charge in [-0.25, -0.2) is 0 Å². The summed E-state index contributed by atoms with van der Waals surface area (Å²) in [7, 11) is 3.66. The standard InChI is InChI=1S/C13H19N5O2/c1-9(2)20-13-16-11(14-3)15-12(17-13)18(4)7-10-5-6-19-8-10/h5-6,8-9H,7H2,1-4H3,(H,14,15,16,17). The summed E-state index contributed by atoms with van der Waals surface area (Å²) < 4.78 is 10.6. The van der Waals surface area contributed by atoms with Gasteiger partial charge in [0.2, 0.25) is 11.9 Å². The molecule has 0 radical (unpaired) electrons. The average molecular weight is 277 g/mol. The lowest BCUT2D eigenvalue weighted by Gasteiger charge is -2.17. The second-order valence-electron chi connectivity index (χ2n) is 4.65.